The Labute approximate surface area is 184 Å². The van der Waals surface area contributed by atoms with E-state index in [2.05, 4.69) is 10.4 Å². The van der Waals surface area contributed by atoms with Crippen molar-refractivity contribution in [2.75, 3.05) is 13.1 Å². The van der Waals surface area contributed by atoms with Crippen molar-refractivity contribution in [3.05, 3.63) is 76.5 Å². The smallest absolute Gasteiger partial charge is 0.269 e. The highest BCUT2D eigenvalue weighted by molar-refractivity contribution is 5.90. The van der Waals surface area contributed by atoms with Crippen LogP contribution in [0.15, 0.2) is 60.8 Å². The molecule has 1 aliphatic rings. The van der Waals surface area contributed by atoms with Gasteiger partial charge in [-0.25, -0.2) is 4.68 Å². The molecule has 1 unspecified atom stereocenters. The van der Waals surface area contributed by atoms with Crippen molar-refractivity contribution in [3.63, 3.8) is 0 Å². The fourth-order valence-electron chi connectivity index (χ4n) is 3.92. The van der Waals surface area contributed by atoms with E-state index >= 15 is 0 Å². The molecule has 164 valence electrons. The Morgan fingerprint density at radius 1 is 1.19 bits per heavy atom. The van der Waals surface area contributed by atoms with Gasteiger partial charge in [-0.1, -0.05) is 25.1 Å². The minimum absolute atomic E-state index is 0.0148. The lowest BCUT2D eigenvalue weighted by Crippen LogP contribution is -2.57. The third kappa shape index (κ3) is 4.22. The van der Waals surface area contributed by atoms with Gasteiger partial charge in [0.25, 0.3) is 5.69 Å². The van der Waals surface area contributed by atoms with Crippen LogP contribution in [0.5, 0.6) is 0 Å². The van der Waals surface area contributed by atoms with Gasteiger partial charge in [0.15, 0.2) is 0 Å². The minimum atomic E-state index is -0.483. The molecule has 0 spiro atoms. The molecule has 1 aliphatic heterocycles. The number of hydrogen-bond donors (Lipinski definition) is 1. The number of aromatic nitrogens is 2. The topological polar surface area (TPSA) is 110 Å². The van der Waals surface area contributed by atoms with Crippen LogP contribution in [0.1, 0.15) is 18.9 Å². The molecule has 9 heteroatoms. The zero-order valence-corrected chi connectivity index (χ0v) is 17.6. The first kappa shape index (κ1) is 21.2. The monoisotopic (exact) mass is 433 g/mol. The second-order valence-electron chi connectivity index (χ2n) is 7.57. The van der Waals surface area contributed by atoms with Gasteiger partial charge in [0.05, 0.1) is 22.7 Å². The number of nitrogens with one attached hydrogen (secondary N) is 1. The number of nitro benzene ring substituents is 1. The average molecular weight is 433 g/mol. The second kappa shape index (κ2) is 9.01. The second-order valence-corrected chi connectivity index (χ2v) is 7.57. The Hall–Kier alpha value is -4.01. The van der Waals surface area contributed by atoms with Crippen LogP contribution in [0, 0.1) is 10.1 Å². The third-order valence-electron chi connectivity index (χ3n) is 5.54. The molecule has 2 heterocycles. The van der Waals surface area contributed by atoms with Gasteiger partial charge in [-0.05, 0) is 30.7 Å². The maximum Gasteiger partial charge on any atom is 0.269 e. The van der Waals surface area contributed by atoms with Crippen molar-refractivity contribution in [1.29, 1.82) is 0 Å². The summed E-state index contributed by atoms with van der Waals surface area (Å²) in [4.78, 5) is 37.5. The van der Waals surface area contributed by atoms with Crippen LogP contribution in [-0.2, 0) is 16.0 Å². The molecule has 3 aromatic rings. The molecule has 1 fully saturated rings. The first-order chi connectivity index (χ1) is 15.5. The Bertz CT molecular complexity index is 1140. The number of para-hydroxylation sites is 1. The van der Waals surface area contributed by atoms with Crippen molar-refractivity contribution in [1.82, 2.24) is 20.0 Å². The van der Waals surface area contributed by atoms with E-state index in [1.165, 1.54) is 12.1 Å². The van der Waals surface area contributed by atoms with Crippen LogP contribution in [0.4, 0.5) is 5.69 Å². The van der Waals surface area contributed by atoms with Crippen LogP contribution in [0.25, 0.3) is 16.9 Å². The molecule has 9 nitrogen and oxygen atoms in total. The summed E-state index contributed by atoms with van der Waals surface area (Å²) < 4.78 is 1.69. The summed E-state index contributed by atoms with van der Waals surface area (Å²) in [5, 5.41) is 18.5. The molecular formula is C23H23N5O4. The Morgan fingerprint density at radius 3 is 2.56 bits per heavy atom. The van der Waals surface area contributed by atoms with Crippen LogP contribution in [0.2, 0.25) is 0 Å². The molecule has 2 aromatic carbocycles. The lowest BCUT2D eigenvalue weighted by atomic mass is 10.0. The van der Waals surface area contributed by atoms with Gasteiger partial charge in [0, 0.05) is 42.5 Å². The number of carbonyl (C=O) groups is 2. The Kier molecular flexibility index (Phi) is 5.98. The standard InChI is InChI=1S/C23H23N5O4/c1-2-20-23(30)24-12-13-26(20)21(29)14-17-15-27(18-6-4-3-5-7-18)25-22(17)16-8-10-19(11-9-16)28(31)32/h3-11,15,20H,2,12-14H2,1H3,(H,24,30). The summed E-state index contributed by atoms with van der Waals surface area (Å²) in [7, 11) is 0. The molecule has 1 saturated heterocycles. The van der Waals surface area contributed by atoms with Crippen molar-refractivity contribution in [3.8, 4) is 16.9 Å². The van der Waals surface area contributed by atoms with Gasteiger partial charge in [0.1, 0.15) is 6.04 Å². The number of nitro groups is 1. The predicted molar refractivity (Wildman–Crippen MR) is 118 cm³/mol. The maximum absolute atomic E-state index is 13.2. The Balaban J connectivity index is 1.69. The third-order valence-corrected chi connectivity index (χ3v) is 5.54. The number of non-ortho nitro benzene ring substituents is 1. The SMILES string of the molecule is CCC1C(=O)NCCN1C(=O)Cc1cn(-c2ccccc2)nc1-c1ccc([N+](=O)[O-])cc1. The van der Waals surface area contributed by atoms with Gasteiger partial charge >= 0.3 is 0 Å². The van der Waals surface area contributed by atoms with E-state index in [-0.39, 0.29) is 23.9 Å². The molecule has 32 heavy (non-hydrogen) atoms. The van der Waals surface area contributed by atoms with Gasteiger partial charge in [0.2, 0.25) is 11.8 Å². The summed E-state index contributed by atoms with van der Waals surface area (Å²) in [6.45, 7) is 2.77. The lowest BCUT2D eigenvalue weighted by Gasteiger charge is -2.34. The molecule has 4 rings (SSSR count). The average Bonchev–Trinajstić information content (AvgIpc) is 3.23. The molecule has 1 atom stereocenters. The van der Waals surface area contributed by atoms with E-state index in [0.29, 0.717) is 36.3 Å². The Morgan fingerprint density at radius 2 is 1.91 bits per heavy atom. The van der Waals surface area contributed by atoms with E-state index in [9.17, 15) is 19.7 Å². The van der Waals surface area contributed by atoms with Gasteiger partial charge in [-0.15, -0.1) is 0 Å². The quantitative estimate of drug-likeness (QED) is 0.475. The van der Waals surface area contributed by atoms with Crippen LogP contribution >= 0.6 is 0 Å². The molecule has 2 amide bonds. The minimum Gasteiger partial charge on any atom is -0.353 e. The molecule has 0 aliphatic carbocycles. The largest absolute Gasteiger partial charge is 0.353 e. The highest BCUT2D eigenvalue weighted by atomic mass is 16.6. The summed E-state index contributed by atoms with van der Waals surface area (Å²) in [6.07, 6.45) is 2.41. The number of hydrogen-bond acceptors (Lipinski definition) is 5. The van der Waals surface area contributed by atoms with Crippen molar-refractivity contribution >= 4 is 17.5 Å². The number of rotatable bonds is 6. The number of nitrogens with zero attached hydrogens (tertiary/aromatic N) is 4. The lowest BCUT2D eigenvalue weighted by molar-refractivity contribution is -0.384. The zero-order valence-electron chi connectivity index (χ0n) is 17.6. The van der Waals surface area contributed by atoms with Crippen LogP contribution < -0.4 is 5.32 Å². The number of benzene rings is 2. The van der Waals surface area contributed by atoms with Crippen molar-refractivity contribution in [2.45, 2.75) is 25.8 Å². The van der Waals surface area contributed by atoms with Gasteiger partial charge in [-0.2, -0.15) is 5.10 Å². The molecule has 0 radical (unpaired) electrons. The molecule has 1 aromatic heterocycles. The number of carbonyl (C=O) groups excluding carboxylic acids is 2. The van der Waals surface area contributed by atoms with E-state index in [1.807, 2.05) is 37.3 Å². The van der Waals surface area contributed by atoms with E-state index in [1.54, 1.807) is 27.9 Å². The van der Waals surface area contributed by atoms with E-state index < -0.39 is 11.0 Å². The van der Waals surface area contributed by atoms with E-state index in [0.717, 1.165) is 5.69 Å². The number of amides is 2. The summed E-state index contributed by atoms with van der Waals surface area (Å²) in [6, 6.07) is 15.1. The summed E-state index contributed by atoms with van der Waals surface area (Å²) in [5.41, 5.74) is 2.76. The number of piperazine rings is 1. The zero-order chi connectivity index (χ0) is 22.7. The molecule has 0 bridgehead atoms. The van der Waals surface area contributed by atoms with Crippen molar-refractivity contribution in [2.24, 2.45) is 0 Å². The highest BCUT2D eigenvalue weighted by Gasteiger charge is 2.32. The van der Waals surface area contributed by atoms with Crippen LogP contribution in [0.3, 0.4) is 0 Å². The van der Waals surface area contributed by atoms with Gasteiger partial charge in [-0.3, -0.25) is 19.7 Å². The summed E-state index contributed by atoms with van der Waals surface area (Å²) in [5.74, 6) is -0.287. The summed E-state index contributed by atoms with van der Waals surface area (Å²) >= 11 is 0. The van der Waals surface area contributed by atoms with Crippen LogP contribution in [-0.4, -0.2) is 50.5 Å². The fraction of sp³-hybridized carbons (Fsp3) is 0.261. The van der Waals surface area contributed by atoms with Crippen molar-refractivity contribution < 1.29 is 14.5 Å². The normalized spacial score (nSPS) is 16.0. The molecular weight excluding hydrogens is 410 g/mol. The molecule has 0 saturated carbocycles. The van der Waals surface area contributed by atoms with E-state index in [4.69, 9.17) is 0 Å². The maximum atomic E-state index is 13.2. The first-order valence-electron chi connectivity index (χ1n) is 10.4. The highest BCUT2D eigenvalue weighted by Crippen LogP contribution is 2.27. The fourth-order valence-corrected chi connectivity index (χ4v) is 3.92. The predicted octanol–water partition coefficient (Wildman–Crippen LogP) is 2.73. The van der Waals surface area contributed by atoms with Gasteiger partial charge < -0.3 is 10.2 Å². The first-order valence-corrected chi connectivity index (χ1v) is 10.4. The molecule has 1 N–H and O–H groups in total.